The van der Waals surface area contributed by atoms with Gasteiger partial charge in [0.1, 0.15) is 5.76 Å². The highest BCUT2D eigenvalue weighted by atomic mass is 16.5. The van der Waals surface area contributed by atoms with Crippen molar-refractivity contribution in [3.63, 3.8) is 0 Å². The summed E-state index contributed by atoms with van der Waals surface area (Å²) in [5.41, 5.74) is 3.54. The van der Waals surface area contributed by atoms with E-state index in [0.29, 0.717) is 11.3 Å². The number of carbonyl (C=O) groups is 1. The van der Waals surface area contributed by atoms with E-state index in [1.165, 1.54) is 0 Å². The summed E-state index contributed by atoms with van der Waals surface area (Å²) in [6.07, 6.45) is 1.80. The average molecular weight is 262 g/mol. The van der Waals surface area contributed by atoms with Gasteiger partial charge in [0.15, 0.2) is 0 Å². The summed E-state index contributed by atoms with van der Waals surface area (Å²) in [4.78, 5) is 12.0. The molecule has 98 valence electrons. The van der Waals surface area contributed by atoms with Crippen LogP contribution in [0.3, 0.4) is 0 Å². The van der Waals surface area contributed by atoms with Crippen LogP contribution in [0.5, 0.6) is 0 Å². The molecule has 2 aromatic carbocycles. The second-order valence-electron chi connectivity index (χ2n) is 4.67. The largest absolute Gasteiger partial charge is 0.428 e. The van der Waals surface area contributed by atoms with Crippen molar-refractivity contribution in [3.8, 4) is 0 Å². The van der Waals surface area contributed by atoms with E-state index in [1.807, 2.05) is 60.7 Å². The summed E-state index contributed by atoms with van der Waals surface area (Å²) in [5.74, 6) is 0.347. The summed E-state index contributed by atoms with van der Waals surface area (Å²) < 4.78 is 5.16. The van der Waals surface area contributed by atoms with Crippen LogP contribution in [-0.4, -0.2) is 5.97 Å². The Morgan fingerprint density at radius 2 is 1.35 bits per heavy atom. The van der Waals surface area contributed by atoms with Gasteiger partial charge in [-0.1, -0.05) is 60.7 Å². The maximum atomic E-state index is 12.0. The van der Waals surface area contributed by atoms with Gasteiger partial charge in [0.2, 0.25) is 0 Å². The first-order chi connectivity index (χ1) is 9.75. The standard InChI is InChI=1S/C18H14O2/c1-13-12-16(18(19)20-13)17(14-8-4-2-5-9-14)15-10-6-3-7-11-15/h2-12H,1H3. The minimum absolute atomic E-state index is 0.287. The molecular formula is C18H14O2. The van der Waals surface area contributed by atoms with E-state index in [2.05, 4.69) is 0 Å². The van der Waals surface area contributed by atoms with Crippen LogP contribution in [0.1, 0.15) is 18.1 Å². The molecule has 0 fully saturated rings. The van der Waals surface area contributed by atoms with Gasteiger partial charge in [0, 0.05) is 5.57 Å². The molecule has 0 aromatic heterocycles. The zero-order valence-corrected chi connectivity index (χ0v) is 11.2. The molecule has 2 heteroatoms. The summed E-state index contributed by atoms with van der Waals surface area (Å²) in [6.45, 7) is 1.79. The molecule has 0 radical (unpaired) electrons. The molecule has 2 nitrogen and oxygen atoms in total. The Morgan fingerprint density at radius 1 is 0.850 bits per heavy atom. The summed E-state index contributed by atoms with van der Waals surface area (Å²) >= 11 is 0. The molecule has 0 spiro atoms. The van der Waals surface area contributed by atoms with Crippen LogP contribution in [0.15, 0.2) is 78.1 Å². The van der Waals surface area contributed by atoms with Crippen molar-refractivity contribution >= 4 is 11.5 Å². The maximum absolute atomic E-state index is 12.0. The molecule has 0 aliphatic carbocycles. The Labute approximate surface area is 118 Å². The summed E-state index contributed by atoms with van der Waals surface area (Å²) in [5, 5.41) is 0. The quantitative estimate of drug-likeness (QED) is 0.605. The molecule has 20 heavy (non-hydrogen) atoms. The second-order valence-corrected chi connectivity index (χ2v) is 4.67. The number of allylic oxidation sites excluding steroid dienone is 1. The first-order valence-corrected chi connectivity index (χ1v) is 6.51. The van der Waals surface area contributed by atoms with Crippen molar-refractivity contribution in [2.45, 2.75) is 6.92 Å². The highest BCUT2D eigenvalue weighted by molar-refractivity contribution is 6.06. The zero-order valence-electron chi connectivity index (χ0n) is 11.2. The third-order valence-electron chi connectivity index (χ3n) is 3.22. The minimum Gasteiger partial charge on any atom is -0.428 e. The molecular weight excluding hydrogens is 248 g/mol. The molecule has 1 aliphatic rings. The molecule has 0 amide bonds. The van der Waals surface area contributed by atoms with Crippen LogP contribution >= 0.6 is 0 Å². The lowest BCUT2D eigenvalue weighted by atomic mass is 9.93. The highest BCUT2D eigenvalue weighted by Gasteiger charge is 2.23. The number of carbonyl (C=O) groups excluding carboxylic acids is 1. The average Bonchev–Trinajstić information content (AvgIpc) is 2.80. The van der Waals surface area contributed by atoms with E-state index in [4.69, 9.17) is 4.74 Å². The van der Waals surface area contributed by atoms with Gasteiger partial charge in [-0.2, -0.15) is 0 Å². The first kappa shape index (κ1) is 12.4. The number of hydrogen-bond donors (Lipinski definition) is 0. The molecule has 0 unspecified atom stereocenters. The molecule has 1 heterocycles. The predicted octanol–water partition coefficient (Wildman–Crippen LogP) is 3.95. The van der Waals surface area contributed by atoms with Gasteiger partial charge in [-0.25, -0.2) is 4.79 Å². The maximum Gasteiger partial charge on any atom is 0.343 e. The van der Waals surface area contributed by atoms with Crippen LogP contribution in [0.4, 0.5) is 0 Å². The Bertz CT molecular complexity index is 653. The normalized spacial score (nSPS) is 13.9. The van der Waals surface area contributed by atoms with Crippen LogP contribution in [0.25, 0.3) is 5.57 Å². The number of esters is 1. The van der Waals surface area contributed by atoms with E-state index in [9.17, 15) is 4.79 Å². The fourth-order valence-corrected chi connectivity index (χ4v) is 2.35. The molecule has 0 saturated carbocycles. The zero-order chi connectivity index (χ0) is 13.9. The van der Waals surface area contributed by atoms with E-state index in [-0.39, 0.29) is 5.97 Å². The van der Waals surface area contributed by atoms with E-state index < -0.39 is 0 Å². The fraction of sp³-hybridized carbons (Fsp3) is 0.0556. The molecule has 0 N–H and O–H groups in total. The van der Waals surface area contributed by atoms with Crippen molar-refractivity contribution in [3.05, 3.63) is 89.2 Å². The van der Waals surface area contributed by atoms with Crippen molar-refractivity contribution in [2.24, 2.45) is 0 Å². The first-order valence-electron chi connectivity index (χ1n) is 6.51. The highest BCUT2D eigenvalue weighted by Crippen LogP contribution is 2.31. The third kappa shape index (κ3) is 2.28. The molecule has 1 aliphatic heterocycles. The Morgan fingerprint density at radius 3 is 1.75 bits per heavy atom. The molecule has 0 bridgehead atoms. The van der Waals surface area contributed by atoms with Crippen molar-refractivity contribution in [1.82, 2.24) is 0 Å². The van der Waals surface area contributed by atoms with Gasteiger partial charge in [-0.05, 0) is 24.1 Å². The van der Waals surface area contributed by atoms with Gasteiger partial charge in [0.25, 0.3) is 0 Å². The van der Waals surface area contributed by atoms with Crippen molar-refractivity contribution in [2.75, 3.05) is 0 Å². The SMILES string of the molecule is CC1=CC(=C(c2ccccc2)c2ccccc2)C(=O)O1. The van der Waals surface area contributed by atoms with Gasteiger partial charge >= 0.3 is 5.97 Å². The van der Waals surface area contributed by atoms with Crippen LogP contribution in [0.2, 0.25) is 0 Å². The molecule has 0 saturated heterocycles. The Kier molecular flexibility index (Phi) is 3.21. The van der Waals surface area contributed by atoms with Gasteiger partial charge in [-0.15, -0.1) is 0 Å². The molecule has 3 rings (SSSR count). The van der Waals surface area contributed by atoms with Crippen LogP contribution < -0.4 is 0 Å². The third-order valence-corrected chi connectivity index (χ3v) is 3.22. The minimum atomic E-state index is -0.287. The van der Waals surface area contributed by atoms with Crippen molar-refractivity contribution in [1.29, 1.82) is 0 Å². The van der Waals surface area contributed by atoms with Crippen LogP contribution in [0, 0.1) is 0 Å². The number of rotatable bonds is 2. The summed E-state index contributed by atoms with van der Waals surface area (Å²) in [7, 11) is 0. The second kappa shape index (κ2) is 5.17. The van der Waals surface area contributed by atoms with Gasteiger partial charge in [-0.3, -0.25) is 0 Å². The number of cyclic esters (lactones) is 1. The lowest BCUT2D eigenvalue weighted by molar-refractivity contribution is -0.133. The Hall–Kier alpha value is -2.61. The monoisotopic (exact) mass is 262 g/mol. The van der Waals surface area contributed by atoms with Crippen molar-refractivity contribution < 1.29 is 9.53 Å². The molecule has 0 atom stereocenters. The number of benzene rings is 2. The van der Waals surface area contributed by atoms with E-state index >= 15 is 0 Å². The fourth-order valence-electron chi connectivity index (χ4n) is 2.35. The van der Waals surface area contributed by atoms with Gasteiger partial charge < -0.3 is 4.74 Å². The van der Waals surface area contributed by atoms with E-state index in [0.717, 1.165) is 16.7 Å². The summed E-state index contributed by atoms with van der Waals surface area (Å²) in [6, 6.07) is 19.8. The predicted molar refractivity (Wildman–Crippen MR) is 78.8 cm³/mol. The van der Waals surface area contributed by atoms with Gasteiger partial charge in [0.05, 0.1) is 5.57 Å². The number of hydrogen-bond acceptors (Lipinski definition) is 2. The Balaban J connectivity index is 2.25. The lowest BCUT2D eigenvalue weighted by Gasteiger charge is -2.10. The molecule has 2 aromatic rings. The van der Waals surface area contributed by atoms with E-state index in [1.54, 1.807) is 13.0 Å². The number of ether oxygens (including phenoxy) is 1. The smallest absolute Gasteiger partial charge is 0.343 e. The van der Waals surface area contributed by atoms with Crippen LogP contribution in [-0.2, 0) is 9.53 Å². The lowest BCUT2D eigenvalue weighted by Crippen LogP contribution is -2.01. The topological polar surface area (TPSA) is 26.3 Å².